The molecule has 10 heteroatoms. The molecule has 0 aromatic heterocycles. The largest absolute Gasteiger partial charge is 0.493 e. The number of carbonyl (C=O) groups excluding carboxylic acids is 2. The van der Waals surface area contributed by atoms with E-state index in [1.165, 1.54) is 6.21 Å². The van der Waals surface area contributed by atoms with E-state index in [0.29, 0.717) is 40.3 Å². The quantitative estimate of drug-likeness (QED) is 0.167. The number of hydrazone groups is 1. The Morgan fingerprint density at radius 1 is 1.00 bits per heavy atom. The number of rotatable bonds is 13. The Labute approximate surface area is 251 Å². The van der Waals surface area contributed by atoms with E-state index in [2.05, 4.69) is 47.7 Å². The molecule has 8 nitrogen and oxygen atoms in total. The molecule has 0 unspecified atom stereocenters. The summed E-state index contributed by atoms with van der Waals surface area (Å²) < 4.78 is 18.8. The summed E-state index contributed by atoms with van der Waals surface area (Å²) in [6.07, 6.45) is 1.94. The van der Waals surface area contributed by atoms with E-state index in [4.69, 9.17) is 14.2 Å². The predicted octanol–water partition coefficient (Wildman–Crippen LogP) is 6.17. The van der Waals surface area contributed by atoms with Crippen LogP contribution >= 0.6 is 31.9 Å². The maximum absolute atomic E-state index is 12.9. The van der Waals surface area contributed by atoms with E-state index in [-0.39, 0.29) is 18.4 Å². The molecule has 0 aliphatic heterocycles. The Balaban J connectivity index is 1.60. The van der Waals surface area contributed by atoms with Crippen LogP contribution in [0.3, 0.4) is 0 Å². The molecule has 1 atom stereocenters. The maximum atomic E-state index is 12.9. The maximum Gasteiger partial charge on any atom is 0.262 e. The highest BCUT2D eigenvalue weighted by molar-refractivity contribution is 9.10. The minimum absolute atomic E-state index is 0.169. The molecular weight excluding hydrogens is 642 g/mol. The van der Waals surface area contributed by atoms with E-state index in [0.717, 1.165) is 15.6 Å². The van der Waals surface area contributed by atoms with Crippen molar-refractivity contribution in [1.82, 2.24) is 10.7 Å². The number of amides is 2. The first kappa shape index (κ1) is 31.2. The number of nitrogens with zero attached hydrogens (tertiary/aromatic N) is 1. The lowest BCUT2D eigenvalue weighted by molar-refractivity contribution is -0.130. The van der Waals surface area contributed by atoms with Gasteiger partial charge in [0.1, 0.15) is 18.4 Å². The minimum Gasteiger partial charge on any atom is -0.493 e. The van der Waals surface area contributed by atoms with Crippen molar-refractivity contribution in [2.24, 2.45) is 11.0 Å². The second-order valence-electron chi connectivity index (χ2n) is 9.49. The summed E-state index contributed by atoms with van der Waals surface area (Å²) >= 11 is 6.97. The van der Waals surface area contributed by atoms with Crippen molar-refractivity contribution in [2.45, 2.75) is 39.8 Å². The van der Waals surface area contributed by atoms with E-state index in [1.54, 1.807) is 19.2 Å². The van der Waals surface area contributed by atoms with Gasteiger partial charge in [0.05, 0.1) is 17.8 Å². The second kappa shape index (κ2) is 15.4. The predicted molar refractivity (Wildman–Crippen MR) is 163 cm³/mol. The molecule has 3 aromatic carbocycles. The van der Waals surface area contributed by atoms with Crippen molar-refractivity contribution >= 4 is 49.9 Å². The lowest BCUT2D eigenvalue weighted by Gasteiger charge is -2.19. The molecule has 0 bridgehead atoms. The number of carbonyl (C=O) groups is 2. The summed E-state index contributed by atoms with van der Waals surface area (Å²) in [5.74, 6) is 1.05. The highest BCUT2D eigenvalue weighted by Gasteiger charge is 2.22. The molecule has 0 heterocycles. The molecular formula is C30H33Br2N3O5. The Kier molecular flexibility index (Phi) is 12.0. The van der Waals surface area contributed by atoms with E-state index in [9.17, 15) is 9.59 Å². The molecule has 2 amide bonds. The molecule has 2 N–H and O–H groups in total. The van der Waals surface area contributed by atoms with Crippen LogP contribution in [0.1, 0.15) is 37.0 Å². The van der Waals surface area contributed by atoms with Crippen molar-refractivity contribution in [3.8, 4) is 17.2 Å². The number of hydrogen-bond acceptors (Lipinski definition) is 6. The summed E-state index contributed by atoms with van der Waals surface area (Å²) in [6.45, 7) is 6.02. The summed E-state index contributed by atoms with van der Waals surface area (Å²) in [6, 6.07) is 18.1. The standard InChI is InChI=1S/C30H33Br2N3O5/c1-19(2)13-25(34-28(36)18-39-26-8-6-5-7-20(26)3)30(37)35-33-16-22-14-24(32)29(27(15-22)38-4)40-17-21-9-11-23(31)12-10-21/h5-12,14-16,19,25H,13,17-18H2,1-4H3,(H,34,36)(H,35,37)/b33-16-/t25-/m1/s1. The topological polar surface area (TPSA) is 98.2 Å². The van der Waals surface area contributed by atoms with Gasteiger partial charge in [0.25, 0.3) is 11.8 Å². The van der Waals surface area contributed by atoms with Crippen LogP contribution in [0.2, 0.25) is 0 Å². The van der Waals surface area contributed by atoms with Gasteiger partial charge in [-0.1, -0.05) is 60.1 Å². The third kappa shape index (κ3) is 9.67. The molecule has 0 saturated carbocycles. The highest BCUT2D eigenvalue weighted by Crippen LogP contribution is 2.37. The Morgan fingerprint density at radius 3 is 2.40 bits per heavy atom. The van der Waals surface area contributed by atoms with Crippen LogP contribution in [0, 0.1) is 12.8 Å². The SMILES string of the molecule is COc1cc(/C=N\NC(=O)[C@@H](CC(C)C)NC(=O)COc2ccccc2C)cc(Br)c1OCc1ccc(Br)cc1. The molecule has 40 heavy (non-hydrogen) atoms. The average Bonchev–Trinajstić information content (AvgIpc) is 2.92. The zero-order valence-corrected chi connectivity index (χ0v) is 26.0. The monoisotopic (exact) mass is 673 g/mol. The van der Waals surface area contributed by atoms with Gasteiger partial charge < -0.3 is 19.5 Å². The molecule has 0 spiro atoms. The fourth-order valence-corrected chi connectivity index (χ4v) is 4.58. The van der Waals surface area contributed by atoms with Crippen molar-refractivity contribution in [3.63, 3.8) is 0 Å². The minimum atomic E-state index is -0.763. The normalized spacial score (nSPS) is 11.8. The van der Waals surface area contributed by atoms with E-state index >= 15 is 0 Å². The lowest BCUT2D eigenvalue weighted by atomic mass is 10.0. The highest BCUT2D eigenvalue weighted by atomic mass is 79.9. The van der Waals surface area contributed by atoms with Gasteiger partial charge in [-0.2, -0.15) is 5.10 Å². The molecule has 0 aliphatic rings. The first-order chi connectivity index (χ1) is 19.2. The van der Waals surface area contributed by atoms with Gasteiger partial charge in [-0.05, 0) is 82.2 Å². The fourth-order valence-electron chi connectivity index (χ4n) is 3.74. The van der Waals surface area contributed by atoms with Gasteiger partial charge in [0, 0.05) is 4.47 Å². The van der Waals surface area contributed by atoms with Crippen LogP contribution in [0.25, 0.3) is 0 Å². The van der Waals surface area contributed by atoms with Gasteiger partial charge in [-0.3, -0.25) is 9.59 Å². The summed E-state index contributed by atoms with van der Waals surface area (Å²) in [7, 11) is 1.55. The lowest BCUT2D eigenvalue weighted by Crippen LogP contribution is -2.47. The van der Waals surface area contributed by atoms with Gasteiger partial charge in [-0.15, -0.1) is 0 Å². The molecule has 3 rings (SSSR count). The van der Waals surface area contributed by atoms with Crippen LogP contribution in [0.4, 0.5) is 0 Å². The van der Waals surface area contributed by atoms with Gasteiger partial charge in [0.2, 0.25) is 0 Å². The van der Waals surface area contributed by atoms with Gasteiger partial charge in [0.15, 0.2) is 18.1 Å². The van der Waals surface area contributed by atoms with Crippen molar-refractivity contribution in [3.05, 3.63) is 86.3 Å². The molecule has 0 saturated heterocycles. The smallest absolute Gasteiger partial charge is 0.262 e. The summed E-state index contributed by atoms with van der Waals surface area (Å²) in [5.41, 5.74) is 5.14. The molecule has 3 aromatic rings. The molecule has 212 valence electrons. The average molecular weight is 675 g/mol. The Hall–Kier alpha value is -3.37. The number of benzene rings is 3. The third-order valence-electron chi connectivity index (χ3n) is 5.75. The first-order valence-corrected chi connectivity index (χ1v) is 14.3. The fraction of sp³-hybridized carbons (Fsp3) is 0.300. The van der Waals surface area contributed by atoms with Crippen LogP contribution in [-0.2, 0) is 16.2 Å². The zero-order valence-electron chi connectivity index (χ0n) is 22.9. The number of methoxy groups -OCH3 is 1. The van der Waals surface area contributed by atoms with Crippen LogP contribution < -0.4 is 25.0 Å². The van der Waals surface area contributed by atoms with E-state index < -0.39 is 11.9 Å². The Morgan fingerprint density at radius 2 is 1.73 bits per heavy atom. The number of nitrogens with one attached hydrogen (secondary N) is 2. The number of hydrogen-bond donors (Lipinski definition) is 2. The molecule has 0 fully saturated rings. The summed E-state index contributed by atoms with van der Waals surface area (Å²) in [5, 5.41) is 6.86. The number of para-hydroxylation sites is 1. The van der Waals surface area contributed by atoms with E-state index in [1.807, 2.05) is 69.3 Å². The first-order valence-electron chi connectivity index (χ1n) is 12.7. The van der Waals surface area contributed by atoms with Crippen LogP contribution in [0.5, 0.6) is 17.2 Å². The second-order valence-corrected chi connectivity index (χ2v) is 11.3. The number of ether oxygens (including phenoxy) is 3. The van der Waals surface area contributed by atoms with Gasteiger partial charge >= 0.3 is 0 Å². The summed E-state index contributed by atoms with van der Waals surface area (Å²) in [4.78, 5) is 25.4. The Bertz CT molecular complexity index is 1330. The van der Waals surface area contributed by atoms with Crippen LogP contribution in [-0.4, -0.2) is 37.8 Å². The van der Waals surface area contributed by atoms with Crippen molar-refractivity contribution in [2.75, 3.05) is 13.7 Å². The zero-order chi connectivity index (χ0) is 29.1. The molecule has 0 radical (unpaired) electrons. The van der Waals surface area contributed by atoms with Gasteiger partial charge in [-0.25, -0.2) is 5.43 Å². The molecule has 0 aliphatic carbocycles. The van der Waals surface area contributed by atoms with Crippen molar-refractivity contribution < 1.29 is 23.8 Å². The third-order valence-corrected chi connectivity index (χ3v) is 6.87. The number of halogens is 2. The van der Waals surface area contributed by atoms with Crippen molar-refractivity contribution in [1.29, 1.82) is 0 Å². The van der Waals surface area contributed by atoms with Crippen LogP contribution in [0.15, 0.2) is 74.7 Å². The number of aryl methyl sites for hydroxylation is 1.